The van der Waals surface area contributed by atoms with E-state index in [-0.39, 0.29) is 12.6 Å². The van der Waals surface area contributed by atoms with Crippen LogP contribution in [-0.2, 0) is 4.74 Å². The van der Waals surface area contributed by atoms with Crippen LogP contribution < -0.4 is 0 Å². The van der Waals surface area contributed by atoms with Gasteiger partial charge in [-0.15, -0.1) is 6.42 Å². The van der Waals surface area contributed by atoms with E-state index < -0.39 is 0 Å². The molecule has 1 aromatic carbocycles. The van der Waals surface area contributed by atoms with E-state index in [1.54, 1.807) is 12.1 Å². The first-order chi connectivity index (χ1) is 6.24. The van der Waals surface area contributed by atoms with Crippen molar-refractivity contribution in [1.82, 2.24) is 0 Å². The molecule has 0 aliphatic carbocycles. The third kappa shape index (κ3) is 3.07. The molecule has 0 radical (unpaired) electrons. The molecule has 0 aliphatic heterocycles. The summed E-state index contributed by atoms with van der Waals surface area (Å²) in [5.74, 6) is 1.85. The molecule has 0 heterocycles. The maximum Gasteiger partial charge on any atom is 0.339 e. The molecule has 0 bridgehead atoms. The van der Waals surface area contributed by atoms with E-state index in [1.807, 2.05) is 12.1 Å². The number of benzene rings is 1. The number of carbonyl (C=O) groups excluding carboxylic acids is 1. The Bertz CT molecular complexity index is 335. The molecule has 0 N–H and O–H groups in total. The van der Waals surface area contributed by atoms with Crippen LogP contribution in [0.2, 0.25) is 0 Å². The Morgan fingerprint density at radius 1 is 1.46 bits per heavy atom. The summed E-state index contributed by atoms with van der Waals surface area (Å²) in [5.41, 5.74) is 0.524. The highest BCUT2D eigenvalue weighted by atomic mass is 127. The number of rotatable bonds is 2. The van der Waals surface area contributed by atoms with Crippen molar-refractivity contribution in [3.8, 4) is 12.3 Å². The topological polar surface area (TPSA) is 26.3 Å². The lowest BCUT2D eigenvalue weighted by Gasteiger charge is -2.00. The lowest BCUT2D eigenvalue weighted by molar-refractivity contribution is 0.0557. The number of hydrogen-bond donors (Lipinski definition) is 0. The highest BCUT2D eigenvalue weighted by molar-refractivity contribution is 14.1. The number of terminal acetylenes is 1. The molecule has 0 unspecified atom stereocenters. The predicted octanol–water partition coefficient (Wildman–Crippen LogP) is 2.08. The molecule has 0 aliphatic rings. The molecule has 66 valence electrons. The summed E-state index contributed by atoms with van der Waals surface area (Å²) in [6, 6.07) is 7.10. The minimum Gasteiger partial charge on any atom is -0.449 e. The van der Waals surface area contributed by atoms with Crippen molar-refractivity contribution in [2.45, 2.75) is 0 Å². The molecule has 3 heteroatoms. The third-order valence-corrected chi connectivity index (χ3v) is 2.09. The average Bonchev–Trinajstić information content (AvgIpc) is 2.15. The molecule has 0 amide bonds. The van der Waals surface area contributed by atoms with E-state index in [2.05, 4.69) is 28.5 Å². The highest BCUT2D eigenvalue weighted by Crippen LogP contribution is 2.07. The molecular weight excluding hydrogens is 279 g/mol. The minimum absolute atomic E-state index is 0.0187. The maximum atomic E-state index is 11.2. The molecule has 0 saturated carbocycles. The van der Waals surface area contributed by atoms with Gasteiger partial charge in [-0.05, 0) is 46.9 Å². The molecule has 1 rings (SSSR count). The second kappa shape index (κ2) is 4.87. The van der Waals surface area contributed by atoms with E-state index in [4.69, 9.17) is 11.2 Å². The van der Waals surface area contributed by atoms with E-state index in [0.29, 0.717) is 5.56 Å². The van der Waals surface area contributed by atoms with Crippen molar-refractivity contribution in [1.29, 1.82) is 0 Å². The fraction of sp³-hybridized carbons (Fsp3) is 0.100. The van der Waals surface area contributed by atoms with Gasteiger partial charge in [0.05, 0.1) is 5.56 Å². The van der Waals surface area contributed by atoms with E-state index in [1.165, 1.54) is 0 Å². The molecule has 0 saturated heterocycles. The van der Waals surface area contributed by atoms with Crippen molar-refractivity contribution >= 4 is 28.6 Å². The van der Waals surface area contributed by atoms with Gasteiger partial charge in [-0.2, -0.15) is 0 Å². The Kier molecular flexibility index (Phi) is 3.77. The molecule has 0 atom stereocenters. The zero-order valence-electron chi connectivity index (χ0n) is 6.79. The summed E-state index contributed by atoms with van der Waals surface area (Å²) in [6.45, 7) is 0.0187. The molecule has 0 aromatic heterocycles. The second-order valence-electron chi connectivity index (χ2n) is 2.29. The van der Waals surface area contributed by atoms with Gasteiger partial charge in [-0.1, -0.05) is 5.92 Å². The van der Waals surface area contributed by atoms with Crippen molar-refractivity contribution in [2.75, 3.05) is 6.61 Å². The van der Waals surface area contributed by atoms with Gasteiger partial charge in [0, 0.05) is 3.57 Å². The van der Waals surface area contributed by atoms with Gasteiger partial charge in [0.25, 0.3) is 0 Å². The van der Waals surface area contributed by atoms with Gasteiger partial charge >= 0.3 is 5.97 Å². The molecule has 1 aromatic rings. The Hall–Kier alpha value is -1.02. The van der Waals surface area contributed by atoms with Crippen LogP contribution in [-0.4, -0.2) is 12.6 Å². The van der Waals surface area contributed by atoms with Crippen molar-refractivity contribution in [3.05, 3.63) is 33.4 Å². The van der Waals surface area contributed by atoms with Gasteiger partial charge in [0.2, 0.25) is 0 Å². The van der Waals surface area contributed by atoms with Crippen LogP contribution in [0.4, 0.5) is 0 Å². The fourth-order valence-electron chi connectivity index (χ4n) is 0.777. The van der Waals surface area contributed by atoms with Gasteiger partial charge in [0.15, 0.2) is 6.61 Å². The summed E-state index contributed by atoms with van der Waals surface area (Å²) in [5, 5.41) is 0. The summed E-state index contributed by atoms with van der Waals surface area (Å²) < 4.78 is 5.81. The second-order valence-corrected chi connectivity index (χ2v) is 3.53. The zero-order valence-corrected chi connectivity index (χ0v) is 8.95. The molecular formula is C10H7IO2. The predicted molar refractivity (Wildman–Crippen MR) is 58.3 cm³/mol. The summed E-state index contributed by atoms with van der Waals surface area (Å²) in [6.07, 6.45) is 4.95. The Labute approximate surface area is 90.4 Å². The highest BCUT2D eigenvalue weighted by Gasteiger charge is 2.04. The monoisotopic (exact) mass is 286 g/mol. The third-order valence-electron chi connectivity index (χ3n) is 1.37. The number of carbonyl (C=O) groups is 1. The van der Waals surface area contributed by atoms with Gasteiger partial charge < -0.3 is 4.74 Å². The van der Waals surface area contributed by atoms with Crippen LogP contribution in [0.3, 0.4) is 0 Å². The fourth-order valence-corrected chi connectivity index (χ4v) is 1.14. The SMILES string of the molecule is C#CCOC(=O)c1ccc(I)cc1. The standard InChI is InChI=1S/C10H7IO2/c1-2-7-13-10(12)8-3-5-9(11)6-4-8/h1,3-6H,7H2. The van der Waals surface area contributed by atoms with Gasteiger partial charge in [0.1, 0.15) is 0 Å². The van der Waals surface area contributed by atoms with Crippen LogP contribution in [0.1, 0.15) is 10.4 Å². The van der Waals surface area contributed by atoms with Gasteiger partial charge in [-0.3, -0.25) is 0 Å². The van der Waals surface area contributed by atoms with Crippen LogP contribution in [0.15, 0.2) is 24.3 Å². The minimum atomic E-state index is -0.380. The van der Waals surface area contributed by atoms with E-state index in [0.717, 1.165) is 3.57 Å². The first kappa shape index (κ1) is 10.1. The van der Waals surface area contributed by atoms with Crippen LogP contribution in [0.25, 0.3) is 0 Å². The largest absolute Gasteiger partial charge is 0.449 e. The Morgan fingerprint density at radius 3 is 2.62 bits per heavy atom. The average molecular weight is 286 g/mol. The smallest absolute Gasteiger partial charge is 0.339 e. The lowest BCUT2D eigenvalue weighted by atomic mass is 10.2. The van der Waals surface area contributed by atoms with Crippen molar-refractivity contribution in [2.24, 2.45) is 0 Å². The number of ether oxygens (including phenoxy) is 1. The summed E-state index contributed by atoms with van der Waals surface area (Å²) in [7, 11) is 0. The Balaban J connectivity index is 2.68. The van der Waals surface area contributed by atoms with Crippen LogP contribution >= 0.6 is 22.6 Å². The quantitative estimate of drug-likeness (QED) is 0.473. The van der Waals surface area contributed by atoms with E-state index in [9.17, 15) is 4.79 Å². The molecule has 2 nitrogen and oxygen atoms in total. The number of hydrogen-bond acceptors (Lipinski definition) is 2. The zero-order chi connectivity index (χ0) is 9.68. The molecule has 0 spiro atoms. The van der Waals surface area contributed by atoms with Crippen LogP contribution in [0.5, 0.6) is 0 Å². The molecule has 0 fully saturated rings. The van der Waals surface area contributed by atoms with E-state index >= 15 is 0 Å². The normalized spacial score (nSPS) is 8.92. The first-order valence-corrected chi connectivity index (χ1v) is 4.68. The lowest BCUT2D eigenvalue weighted by Crippen LogP contribution is -2.04. The summed E-state index contributed by atoms with van der Waals surface area (Å²) >= 11 is 2.16. The van der Waals surface area contributed by atoms with Crippen molar-refractivity contribution < 1.29 is 9.53 Å². The van der Waals surface area contributed by atoms with Crippen LogP contribution in [0, 0.1) is 15.9 Å². The van der Waals surface area contributed by atoms with Gasteiger partial charge in [-0.25, -0.2) is 4.79 Å². The van der Waals surface area contributed by atoms with Crippen molar-refractivity contribution in [3.63, 3.8) is 0 Å². The summed E-state index contributed by atoms with van der Waals surface area (Å²) in [4.78, 5) is 11.2. The molecule has 13 heavy (non-hydrogen) atoms. The Morgan fingerprint density at radius 2 is 2.08 bits per heavy atom. The number of halogens is 1. The first-order valence-electron chi connectivity index (χ1n) is 3.60. The number of esters is 1. The maximum absolute atomic E-state index is 11.2.